The zero-order valence-electron chi connectivity index (χ0n) is 15.7. The van der Waals surface area contributed by atoms with Crippen molar-refractivity contribution in [3.05, 3.63) is 70.3 Å². The van der Waals surface area contributed by atoms with E-state index >= 15 is 0 Å². The van der Waals surface area contributed by atoms with E-state index in [2.05, 4.69) is 0 Å². The van der Waals surface area contributed by atoms with Crippen molar-refractivity contribution in [2.75, 3.05) is 11.5 Å². The predicted molar refractivity (Wildman–Crippen MR) is 111 cm³/mol. The van der Waals surface area contributed by atoms with Gasteiger partial charge in [-0.1, -0.05) is 23.7 Å². The van der Waals surface area contributed by atoms with E-state index < -0.39 is 33.6 Å². The zero-order valence-corrected chi connectivity index (χ0v) is 17.2. The Balaban J connectivity index is 1.90. The number of Topliss-reactive ketones (excluding diaryl/α,β-unsaturated/α-hetero) is 1. The van der Waals surface area contributed by atoms with E-state index in [1.165, 1.54) is 29.2 Å². The number of ketones is 1. The topological polar surface area (TPSA) is 112 Å². The fourth-order valence-corrected chi connectivity index (χ4v) is 5.84. The van der Waals surface area contributed by atoms with Gasteiger partial charge >= 0.3 is 0 Å². The molecular weight excluding hydrogens is 430 g/mol. The maximum Gasteiger partial charge on any atom is 0.295 e. The number of carbonyl (C=O) groups excluding carboxylic acids is 2. The van der Waals surface area contributed by atoms with E-state index in [1.807, 2.05) is 0 Å². The molecule has 2 aliphatic heterocycles. The average Bonchev–Trinajstić information content (AvgIpc) is 3.18. The lowest BCUT2D eigenvalue weighted by molar-refractivity contribution is -0.141. The van der Waals surface area contributed by atoms with Gasteiger partial charge in [0.2, 0.25) is 0 Å². The molecule has 0 unspecified atom stereocenters. The quantitative estimate of drug-likeness (QED) is 0.425. The molecule has 7 nitrogen and oxygen atoms in total. The molecule has 4 rings (SSSR count). The van der Waals surface area contributed by atoms with Gasteiger partial charge < -0.3 is 15.1 Å². The van der Waals surface area contributed by atoms with Crippen LogP contribution in [0.5, 0.6) is 5.75 Å². The molecule has 156 valence electrons. The number of phenols is 1. The summed E-state index contributed by atoms with van der Waals surface area (Å²) in [5.74, 6) is -2.58. The first-order valence-corrected chi connectivity index (χ1v) is 11.4. The molecule has 9 heteroatoms. The Hall–Kier alpha value is -2.84. The second kappa shape index (κ2) is 7.45. The lowest BCUT2D eigenvalue weighted by Gasteiger charge is -2.30. The fraction of sp³-hybridized carbons (Fsp3) is 0.238. The van der Waals surface area contributed by atoms with Crippen molar-refractivity contribution in [3.8, 4) is 5.75 Å². The molecule has 2 saturated heterocycles. The van der Waals surface area contributed by atoms with Gasteiger partial charge in [0.05, 0.1) is 23.1 Å². The van der Waals surface area contributed by atoms with E-state index in [4.69, 9.17) is 11.6 Å². The van der Waals surface area contributed by atoms with Crippen LogP contribution in [0.3, 0.4) is 0 Å². The third-order valence-corrected chi connectivity index (χ3v) is 7.39. The lowest BCUT2D eigenvalue weighted by atomic mass is 9.94. The van der Waals surface area contributed by atoms with Crippen LogP contribution in [0.15, 0.2) is 54.1 Å². The first-order valence-electron chi connectivity index (χ1n) is 9.23. The van der Waals surface area contributed by atoms with Gasteiger partial charge in [-0.3, -0.25) is 9.59 Å². The molecule has 0 radical (unpaired) electrons. The summed E-state index contributed by atoms with van der Waals surface area (Å²) in [5, 5.41) is 21.3. The number of halogens is 1. The molecule has 30 heavy (non-hydrogen) atoms. The van der Waals surface area contributed by atoms with Crippen molar-refractivity contribution >= 4 is 38.9 Å². The number of carbonyl (C=O) groups is 2. The van der Waals surface area contributed by atoms with E-state index in [1.54, 1.807) is 24.3 Å². The van der Waals surface area contributed by atoms with E-state index in [0.29, 0.717) is 16.1 Å². The molecular formula is C21H18ClNO6S. The summed E-state index contributed by atoms with van der Waals surface area (Å²) >= 11 is 5.89. The number of hydrogen-bond acceptors (Lipinski definition) is 6. The fourth-order valence-electron chi connectivity index (χ4n) is 4.01. The van der Waals surface area contributed by atoms with Crippen LogP contribution >= 0.6 is 11.6 Å². The number of aliphatic hydroxyl groups excluding tert-OH is 1. The molecule has 0 spiro atoms. The van der Waals surface area contributed by atoms with Crippen LogP contribution in [0.1, 0.15) is 23.6 Å². The Morgan fingerprint density at radius 2 is 1.80 bits per heavy atom. The van der Waals surface area contributed by atoms with Gasteiger partial charge in [-0.2, -0.15) is 0 Å². The molecule has 0 aliphatic carbocycles. The smallest absolute Gasteiger partial charge is 0.295 e. The minimum atomic E-state index is -3.33. The maximum atomic E-state index is 12.9. The SMILES string of the molecule is O=C1C(=O)N([C@@H]2CCS(=O)(=O)C2)[C@H](c2cccc(O)c2)C1=C(O)c1ccc(Cl)cc1. The van der Waals surface area contributed by atoms with Crippen molar-refractivity contribution in [3.63, 3.8) is 0 Å². The molecule has 2 aliphatic rings. The summed E-state index contributed by atoms with van der Waals surface area (Å²) < 4.78 is 24.0. The van der Waals surface area contributed by atoms with Crippen molar-refractivity contribution < 1.29 is 28.2 Å². The van der Waals surface area contributed by atoms with Gasteiger partial charge in [0.25, 0.3) is 11.7 Å². The monoisotopic (exact) mass is 447 g/mol. The second-order valence-corrected chi connectivity index (χ2v) is 10.0. The highest BCUT2D eigenvalue weighted by molar-refractivity contribution is 7.91. The summed E-state index contributed by atoms with van der Waals surface area (Å²) in [4.78, 5) is 27.1. The van der Waals surface area contributed by atoms with E-state index in [9.17, 15) is 28.2 Å². The summed E-state index contributed by atoms with van der Waals surface area (Å²) in [6, 6.07) is 10.4. The average molecular weight is 448 g/mol. The number of amides is 1. The molecule has 2 N–H and O–H groups in total. The summed E-state index contributed by atoms with van der Waals surface area (Å²) in [6.07, 6.45) is 0.200. The van der Waals surface area contributed by atoms with Crippen LogP contribution < -0.4 is 0 Å². The molecule has 0 bridgehead atoms. The second-order valence-electron chi connectivity index (χ2n) is 7.37. The Morgan fingerprint density at radius 3 is 2.40 bits per heavy atom. The number of aromatic hydroxyl groups is 1. The third-order valence-electron chi connectivity index (χ3n) is 5.39. The summed E-state index contributed by atoms with van der Waals surface area (Å²) in [5.41, 5.74) is 0.535. The molecule has 2 aromatic rings. The molecule has 2 heterocycles. The van der Waals surface area contributed by atoms with E-state index in [0.717, 1.165) is 0 Å². The Labute approximate surface area is 178 Å². The van der Waals surface area contributed by atoms with Gasteiger partial charge in [-0.25, -0.2) is 8.42 Å². The summed E-state index contributed by atoms with van der Waals surface area (Å²) in [7, 11) is -3.33. The first-order chi connectivity index (χ1) is 14.2. The van der Waals surface area contributed by atoms with Gasteiger partial charge in [0.1, 0.15) is 11.5 Å². The lowest BCUT2D eigenvalue weighted by Crippen LogP contribution is -2.40. The summed E-state index contributed by atoms with van der Waals surface area (Å²) in [6.45, 7) is 0. The molecule has 0 aromatic heterocycles. The Kier molecular flexibility index (Phi) is 5.07. The molecule has 0 saturated carbocycles. The van der Waals surface area contributed by atoms with Crippen molar-refractivity contribution in [2.24, 2.45) is 0 Å². The largest absolute Gasteiger partial charge is 0.508 e. The predicted octanol–water partition coefficient (Wildman–Crippen LogP) is 2.65. The van der Waals surface area contributed by atoms with Crippen LogP contribution in [-0.2, 0) is 19.4 Å². The highest BCUT2D eigenvalue weighted by atomic mass is 35.5. The standard InChI is InChI=1S/C21H18ClNO6S/c22-14-6-4-12(5-7-14)19(25)17-18(13-2-1-3-16(24)10-13)23(21(27)20(17)26)15-8-9-30(28,29)11-15/h1-7,10,15,18,24-25H,8-9,11H2/t15-,18-/m1/s1. The van der Waals surface area contributed by atoms with Gasteiger partial charge in [0, 0.05) is 16.6 Å². The zero-order chi connectivity index (χ0) is 21.6. The molecule has 1 amide bonds. The minimum absolute atomic E-state index is 0.0788. The number of benzene rings is 2. The van der Waals surface area contributed by atoms with Gasteiger partial charge in [0.15, 0.2) is 9.84 Å². The van der Waals surface area contributed by atoms with Gasteiger partial charge in [-0.15, -0.1) is 0 Å². The number of aliphatic hydroxyl groups is 1. The number of phenolic OH excluding ortho intramolecular Hbond substituents is 1. The number of hydrogen-bond donors (Lipinski definition) is 2. The highest BCUT2D eigenvalue weighted by Crippen LogP contribution is 2.42. The van der Waals surface area contributed by atoms with Crippen molar-refractivity contribution in [2.45, 2.75) is 18.5 Å². The van der Waals surface area contributed by atoms with Crippen LogP contribution in [0.25, 0.3) is 5.76 Å². The van der Waals surface area contributed by atoms with Crippen LogP contribution in [0, 0.1) is 0 Å². The third kappa shape index (κ3) is 3.57. The molecule has 2 fully saturated rings. The van der Waals surface area contributed by atoms with E-state index in [-0.39, 0.29) is 35.0 Å². The van der Waals surface area contributed by atoms with Crippen LogP contribution in [-0.4, -0.2) is 52.8 Å². The van der Waals surface area contributed by atoms with Gasteiger partial charge in [-0.05, 0) is 48.4 Å². The Morgan fingerprint density at radius 1 is 1.10 bits per heavy atom. The number of nitrogens with zero attached hydrogens (tertiary/aromatic N) is 1. The van der Waals surface area contributed by atoms with Crippen LogP contribution in [0.2, 0.25) is 5.02 Å². The Bertz CT molecular complexity index is 1170. The molecule has 2 atom stereocenters. The normalized spacial score (nSPS) is 25.0. The number of likely N-dealkylation sites (tertiary alicyclic amines) is 1. The number of rotatable bonds is 3. The first kappa shape index (κ1) is 20.4. The molecule has 2 aromatic carbocycles. The number of sulfone groups is 1. The highest BCUT2D eigenvalue weighted by Gasteiger charge is 2.51. The van der Waals surface area contributed by atoms with Crippen molar-refractivity contribution in [1.29, 1.82) is 0 Å². The maximum absolute atomic E-state index is 12.9. The van der Waals surface area contributed by atoms with Crippen molar-refractivity contribution in [1.82, 2.24) is 4.90 Å². The van der Waals surface area contributed by atoms with Crippen LogP contribution in [0.4, 0.5) is 0 Å². The minimum Gasteiger partial charge on any atom is -0.508 e.